The van der Waals surface area contributed by atoms with Crippen molar-refractivity contribution in [3.05, 3.63) is 51.7 Å². The van der Waals surface area contributed by atoms with E-state index in [4.69, 9.17) is 27.9 Å². The molecular formula is C23H26Cl2N6O2S2. The first-order valence-corrected chi connectivity index (χ1v) is 13.9. The van der Waals surface area contributed by atoms with E-state index in [9.17, 15) is 4.79 Å². The summed E-state index contributed by atoms with van der Waals surface area (Å²) < 4.78 is 7.85. The summed E-state index contributed by atoms with van der Waals surface area (Å²) in [4.78, 5) is 12.6. The summed E-state index contributed by atoms with van der Waals surface area (Å²) >= 11 is 15.0. The van der Waals surface area contributed by atoms with E-state index < -0.39 is 6.10 Å². The number of allylic oxidation sites excluding steroid dienone is 1. The lowest BCUT2D eigenvalue weighted by atomic mass is 9.90. The summed E-state index contributed by atoms with van der Waals surface area (Å²) in [5, 5.41) is 23.0. The van der Waals surface area contributed by atoms with Gasteiger partial charge in [-0.2, -0.15) is 0 Å². The lowest BCUT2D eigenvalue weighted by molar-refractivity contribution is -0.113. The van der Waals surface area contributed by atoms with Gasteiger partial charge in [-0.3, -0.25) is 14.7 Å². The number of carbonyl (C=O) groups is 1. The van der Waals surface area contributed by atoms with Gasteiger partial charge in [0.1, 0.15) is 10.8 Å². The SMILES string of the molecule is C=CCn1c(SCC(=O)Nc2nnc(C3CCCCC3)s2)nnc1C(C)Oc1cc(Cl)ccc1Cl. The van der Waals surface area contributed by atoms with E-state index in [0.717, 1.165) is 17.8 Å². The van der Waals surface area contributed by atoms with Crippen LogP contribution in [-0.2, 0) is 11.3 Å². The molecular weight excluding hydrogens is 527 g/mol. The minimum atomic E-state index is -0.457. The van der Waals surface area contributed by atoms with Crippen LogP contribution >= 0.6 is 46.3 Å². The van der Waals surface area contributed by atoms with Crippen molar-refractivity contribution in [2.24, 2.45) is 0 Å². The smallest absolute Gasteiger partial charge is 0.236 e. The molecule has 1 fully saturated rings. The number of nitrogens with zero attached hydrogens (tertiary/aromatic N) is 5. The second-order valence-electron chi connectivity index (χ2n) is 8.19. The first-order valence-electron chi connectivity index (χ1n) is 11.4. The Kier molecular flexibility index (Phi) is 9.04. The molecule has 8 nitrogen and oxygen atoms in total. The molecule has 1 unspecified atom stereocenters. The molecule has 1 saturated carbocycles. The van der Waals surface area contributed by atoms with E-state index in [1.165, 1.54) is 42.4 Å². The van der Waals surface area contributed by atoms with Crippen LogP contribution in [0, 0.1) is 0 Å². The Morgan fingerprint density at radius 1 is 1.29 bits per heavy atom. The maximum Gasteiger partial charge on any atom is 0.236 e. The fourth-order valence-corrected chi connectivity index (χ4v) is 5.91. The highest BCUT2D eigenvalue weighted by molar-refractivity contribution is 7.99. The number of hydrogen-bond acceptors (Lipinski definition) is 8. The quantitative estimate of drug-likeness (QED) is 0.225. The molecule has 2 aromatic heterocycles. The van der Waals surface area contributed by atoms with Crippen molar-refractivity contribution in [1.82, 2.24) is 25.0 Å². The minimum absolute atomic E-state index is 0.156. The maximum atomic E-state index is 12.6. The Morgan fingerprint density at radius 2 is 2.09 bits per heavy atom. The van der Waals surface area contributed by atoms with Crippen LogP contribution in [-0.4, -0.2) is 36.6 Å². The number of ether oxygens (including phenoxy) is 1. The van der Waals surface area contributed by atoms with Crippen molar-refractivity contribution in [2.45, 2.75) is 62.8 Å². The van der Waals surface area contributed by atoms with Gasteiger partial charge in [-0.15, -0.1) is 27.0 Å². The van der Waals surface area contributed by atoms with Crippen molar-refractivity contribution in [2.75, 3.05) is 11.1 Å². The number of aromatic nitrogens is 5. The number of halogens is 2. The van der Waals surface area contributed by atoms with Crippen LogP contribution in [0.3, 0.4) is 0 Å². The van der Waals surface area contributed by atoms with Gasteiger partial charge in [-0.1, -0.05) is 71.6 Å². The van der Waals surface area contributed by atoms with Crippen LogP contribution in [0.5, 0.6) is 5.75 Å². The van der Waals surface area contributed by atoms with E-state index in [1.54, 1.807) is 24.3 Å². The van der Waals surface area contributed by atoms with Gasteiger partial charge in [0, 0.05) is 23.6 Å². The molecule has 0 aliphatic heterocycles. The first-order chi connectivity index (χ1) is 16.9. The van der Waals surface area contributed by atoms with Crippen LogP contribution in [0.15, 0.2) is 36.0 Å². The molecule has 0 saturated heterocycles. The fourth-order valence-electron chi connectivity index (χ4n) is 3.90. The molecule has 1 amide bonds. The Morgan fingerprint density at radius 3 is 2.86 bits per heavy atom. The third-order valence-electron chi connectivity index (χ3n) is 5.59. The lowest BCUT2D eigenvalue weighted by Crippen LogP contribution is -2.15. The predicted molar refractivity (Wildman–Crippen MR) is 141 cm³/mol. The number of anilines is 1. The highest BCUT2D eigenvalue weighted by Gasteiger charge is 2.22. The average molecular weight is 554 g/mol. The van der Waals surface area contributed by atoms with Crippen LogP contribution < -0.4 is 10.1 Å². The highest BCUT2D eigenvalue weighted by atomic mass is 35.5. The topological polar surface area (TPSA) is 94.8 Å². The van der Waals surface area contributed by atoms with Crippen LogP contribution in [0.4, 0.5) is 5.13 Å². The number of rotatable bonds is 10. The van der Waals surface area contributed by atoms with Crippen LogP contribution in [0.25, 0.3) is 0 Å². The number of carbonyl (C=O) groups excluding carboxylic acids is 1. The Bertz CT molecular complexity index is 1180. The monoisotopic (exact) mass is 552 g/mol. The molecule has 186 valence electrons. The summed E-state index contributed by atoms with van der Waals surface area (Å²) in [7, 11) is 0. The summed E-state index contributed by atoms with van der Waals surface area (Å²) in [6.45, 7) is 6.13. The third-order valence-corrected chi connectivity index (χ3v) is 8.11. The summed E-state index contributed by atoms with van der Waals surface area (Å²) in [6, 6.07) is 5.03. The van der Waals surface area contributed by atoms with Crippen molar-refractivity contribution in [1.29, 1.82) is 0 Å². The standard InChI is InChI=1S/C23H26Cl2N6O2S2/c1-3-11-31-20(14(2)33-18-12-16(24)9-10-17(18)25)27-30-23(31)34-13-19(32)26-22-29-28-21(35-22)15-7-5-4-6-8-15/h3,9-10,12,14-15H,1,4-8,11,13H2,2H3,(H,26,29,32). The number of thioether (sulfide) groups is 1. The van der Waals surface area contributed by atoms with E-state index in [2.05, 4.69) is 32.3 Å². The summed E-state index contributed by atoms with van der Waals surface area (Å²) in [5.74, 6) is 1.49. The van der Waals surface area contributed by atoms with Crippen molar-refractivity contribution < 1.29 is 9.53 Å². The zero-order valence-electron chi connectivity index (χ0n) is 19.2. The predicted octanol–water partition coefficient (Wildman–Crippen LogP) is 6.54. The lowest BCUT2D eigenvalue weighted by Gasteiger charge is -2.18. The van der Waals surface area contributed by atoms with Gasteiger partial charge in [0.05, 0.1) is 10.8 Å². The molecule has 1 aliphatic carbocycles. The second kappa shape index (κ2) is 12.2. The van der Waals surface area contributed by atoms with Gasteiger partial charge in [0.2, 0.25) is 11.0 Å². The Labute approximate surface area is 222 Å². The van der Waals surface area contributed by atoms with Gasteiger partial charge in [0.15, 0.2) is 17.1 Å². The minimum Gasteiger partial charge on any atom is -0.481 e. The van der Waals surface area contributed by atoms with Crippen LogP contribution in [0.2, 0.25) is 10.0 Å². The highest BCUT2D eigenvalue weighted by Crippen LogP contribution is 2.35. The molecule has 0 spiro atoms. The van der Waals surface area contributed by atoms with Gasteiger partial charge < -0.3 is 4.74 Å². The summed E-state index contributed by atoms with van der Waals surface area (Å²) in [6.07, 6.45) is 7.31. The molecule has 1 atom stereocenters. The Hall–Kier alpha value is -2.14. The molecule has 1 N–H and O–H groups in total. The van der Waals surface area contributed by atoms with Gasteiger partial charge in [-0.25, -0.2) is 0 Å². The molecule has 4 rings (SSSR count). The van der Waals surface area contributed by atoms with Gasteiger partial charge in [0.25, 0.3) is 0 Å². The summed E-state index contributed by atoms with van der Waals surface area (Å²) in [5.41, 5.74) is 0. The molecule has 0 bridgehead atoms. The molecule has 3 aromatic rings. The van der Waals surface area contributed by atoms with Gasteiger partial charge >= 0.3 is 0 Å². The van der Waals surface area contributed by atoms with Gasteiger partial charge in [-0.05, 0) is 31.9 Å². The number of amides is 1. The number of benzene rings is 1. The molecule has 1 aliphatic rings. The zero-order chi connectivity index (χ0) is 24.8. The molecule has 12 heteroatoms. The van der Waals surface area contributed by atoms with Crippen molar-refractivity contribution >= 4 is 57.3 Å². The third kappa shape index (κ3) is 6.75. The van der Waals surface area contributed by atoms with E-state index >= 15 is 0 Å². The fraction of sp³-hybridized carbons (Fsp3) is 0.435. The normalized spacial score (nSPS) is 15.1. The largest absolute Gasteiger partial charge is 0.481 e. The first kappa shape index (κ1) is 25.9. The Balaban J connectivity index is 1.37. The van der Waals surface area contributed by atoms with Crippen molar-refractivity contribution in [3.63, 3.8) is 0 Å². The molecule has 2 heterocycles. The number of hydrogen-bond donors (Lipinski definition) is 1. The second-order valence-corrected chi connectivity index (χ2v) is 11.0. The molecule has 1 aromatic carbocycles. The van der Waals surface area contributed by atoms with Crippen LogP contribution in [0.1, 0.15) is 61.9 Å². The number of nitrogens with one attached hydrogen (secondary N) is 1. The molecule has 35 heavy (non-hydrogen) atoms. The zero-order valence-corrected chi connectivity index (χ0v) is 22.4. The van der Waals surface area contributed by atoms with E-state index in [0.29, 0.717) is 44.4 Å². The average Bonchev–Trinajstić information content (AvgIpc) is 3.48. The van der Waals surface area contributed by atoms with E-state index in [1.807, 2.05) is 11.5 Å². The van der Waals surface area contributed by atoms with Crippen molar-refractivity contribution in [3.8, 4) is 5.75 Å². The maximum absolute atomic E-state index is 12.6. The molecule has 0 radical (unpaired) electrons. The van der Waals surface area contributed by atoms with E-state index in [-0.39, 0.29) is 11.7 Å².